The minimum atomic E-state index is -2.91. The fourth-order valence-corrected chi connectivity index (χ4v) is 4.40. The van der Waals surface area contributed by atoms with Crippen molar-refractivity contribution in [3.05, 3.63) is 65.1 Å². The molecule has 1 aliphatic heterocycles. The summed E-state index contributed by atoms with van der Waals surface area (Å²) in [7, 11) is -0.940. The summed E-state index contributed by atoms with van der Waals surface area (Å²) < 4.78 is 40.3. The minimum Gasteiger partial charge on any atom is -0.467 e. The van der Waals surface area contributed by atoms with E-state index in [2.05, 4.69) is 14.9 Å². The normalized spacial score (nSPS) is 18.5. The van der Waals surface area contributed by atoms with Gasteiger partial charge in [-0.3, -0.25) is 4.90 Å². The van der Waals surface area contributed by atoms with Crippen LogP contribution in [0.3, 0.4) is 0 Å². The topological polar surface area (TPSA) is 105 Å². The van der Waals surface area contributed by atoms with Gasteiger partial charge in [0, 0.05) is 29.8 Å². The second kappa shape index (κ2) is 7.90. The molecule has 1 aliphatic rings. The van der Waals surface area contributed by atoms with Crippen LogP contribution >= 0.6 is 0 Å². The van der Waals surface area contributed by atoms with Crippen LogP contribution in [-0.4, -0.2) is 32.4 Å². The first-order chi connectivity index (χ1) is 14.6. The highest BCUT2D eigenvalue weighted by Gasteiger charge is 2.21. The van der Waals surface area contributed by atoms with Gasteiger partial charge >= 0.3 is 0 Å². The highest BCUT2D eigenvalue weighted by atomic mass is 32.2. The van der Waals surface area contributed by atoms with E-state index in [9.17, 15) is 8.60 Å². The lowest BCUT2D eigenvalue weighted by Crippen LogP contribution is -2.21. The maximum absolute atomic E-state index is 14.0. The molecule has 0 radical (unpaired) electrons. The summed E-state index contributed by atoms with van der Waals surface area (Å²) in [6.07, 6.45) is 2.42. The maximum atomic E-state index is 14.0. The van der Waals surface area contributed by atoms with Gasteiger partial charge in [-0.2, -0.15) is 0 Å². The number of aromatic nitrogens is 2. The lowest BCUT2D eigenvalue weighted by Gasteiger charge is -2.25. The van der Waals surface area contributed by atoms with E-state index in [4.69, 9.17) is 15.3 Å². The Bertz CT molecular complexity index is 1260. The van der Waals surface area contributed by atoms with Crippen molar-refractivity contribution >= 4 is 15.5 Å². The summed E-state index contributed by atoms with van der Waals surface area (Å²) in [6.45, 7) is 2.95. The zero-order valence-electron chi connectivity index (χ0n) is 17.6. The summed E-state index contributed by atoms with van der Waals surface area (Å²) in [5.74, 6) is -0.0676. The molecule has 4 rings (SSSR count). The number of halogens is 1. The van der Waals surface area contributed by atoms with Crippen LogP contribution in [-0.2, 0) is 22.8 Å². The minimum absolute atomic E-state index is 0.125. The van der Waals surface area contributed by atoms with E-state index in [0.29, 0.717) is 23.7 Å². The summed E-state index contributed by atoms with van der Waals surface area (Å²) in [6, 6.07) is 9.96. The van der Waals surface area contributed by atoms with Crippen LogP contribution in [0.1, 0.15) is 29.7 Å². The third-order valence-corrected chi connectivity index (χ3v) is 6.44. The lowest BCUT2D eigenvalue weighted by atomic mass is 10.0. The van der Waals surface area contributed by atoms with Gasteiger partial charge in [0.05, 0.1) is 21.6 Å². The standard InChI is InChI=1S/C22H24FN5O2S/c1-13-18-8-16(23)6-4-14(18)11-28(2)12-15-5-7-17(31(3,25)29)9-19(15)20-10-26-21(24)22(27-20)30-13/h4-10,13,25H,11-12H2,1-3H3,(H2,24,26)/t13-,31?/m1/s1. The number of fused-ring (bicyclic) bond motifs is 5. The van der Waals surface area contributed by atoms with E-state index in [-0.39, 0.29) is 17.5 Å². The smallest absolute Gasteiger partial charge is 0.258 e. The SMILES string of the molecule is C[C@H]1Oc2nc(cnc2N)-c2cc(S(C)(=N)=O)ccc2CN(C)Cc2ccc(F)cc21. The van der Waals surface area contributed by atoms with Gasteiger partial charge in [0.25, 0.3) is 5.88 Å². The Kier molecular flexibility index (Phi) is 5.40. The van der Waals surface area contributed by atoms with E-state index < -0.39 is 15.8 Å². The predicted octanol–water partition coefficient (Wildman–Crippen LogP) is 3.99. The number of nitrogens with one attached hydrogen (secondary N) is 1. The molecule has 162 valence electrons. The maximum Gasteiger partial charge on any atom is 0.258 e. The quantitative estimate of drug-likeness (QED) is 0.592. The lowest BCUT2D eigenvalue weighted by molar-refractivity contribution is 0.214. The first-order valence-corrected chi connectivity index (χ1v) is 11.7. The van der Waals surface area contributed by atoms with Crippen molar-refractivity contribution in [1.82, 2.24) is 14.9 Å². The van der Waals surface area contributed by atoms with Gasteiger partial charge in [0.2, 0.25) is 0 Å². The van der Waals surface area contributed by atoms with Crippen molar-refractivity contribution in [2.24, 2.45) is 0 Å². The van der Waals surface area contributed by atoms with Crippen LogP contribution in [0.2, 0.25) is 0 Å². The molecular formula is C22H24FN5O2S. The van der Waals surface area contributed by atoms with Gasteiger partial charge in [-0.05, 0) is 54.9 Å². The molecule has 1 aromatic heterocycles. The number of hydrogen-bond donors (Lipinski definition) is 2. The van der Waals surface area contributed by atoms with Gasteiger partial charge < -0.3 is 10.5 Å². The van der Waals surface area contributed by atoms with Crippen molar-refractivity contribution in [2.75, 3.05) is 19.0 Å². The van der Waals surface area contributed by atoms with Crippen LogP contribution in [0.5, 0.6) is 5.88 Å². The molecule has 0 saturated carbocycles. The molecule has 3 N–H and O–H groups in total. The average Bonchev–Trinajstić information content (AvgIpc) is 2.69. The van der Waals surface area contributed by atoms with Crippen molar-refractivity contribution in [1.29, 1.82) is 4.78 Å². The van der Waals surface area contributed by atoms with Gasteiger partial charge in [-0.15, -0.1) is 0 Å². The molecule has 2 aromatic carbocycles. The molecule has 0 fully saturated rings. The fraction of sp³-hybridized carbons (Fsp3) is 0.273. The molecule has 0 spiro atoms. The molecule has 2 heterocycles. The molecular weight excluding hydrogens is 417 g/mol. The van der Waals surface area contributed by atoms with Crippen LogP contribution in [0.25, 0.3) is 11.3 Å². The van der Waals surface area contributed by atoms with Gasteiger partial charge in [0.1, 0.15) is 11.9 Å². The van der Waals surface area contributed by atoms with E-state index in [1.807, 2.05) is 20.0 Å². The first kappa shape index (κ1) is 21.2. The number of ether oxygens (including phenoxy) is 1. The van der Waals surface area contributed by atoms with E-state index >= 15 is 0 Å². The van der Waals surface area contributed by atoms with Crippen LogP contribution < -0.4 is 10.5 Å². The molecule has 2 bridgehead atoms. The van der Waals surface area contributed by atoms with Crippen molar-refractivity contribution < 1.29 is 13.3 Å². The second-order valence-electron chi connectivity index (χ2n) is 7.88. The molecule has 31 heavy (non-hydrogen) atoms. The third kappa shape index (κ3) is 4.38. The number of hydrogen-bond acceptors (Lipinski definition) is 7. The number of nitrogens with two attached hydrogens (primary N) is 1. The zero-order valence-corrected chi connectivity index (χ0v) is 18.4. The molecule has 9 heteroatoms. The first-order valence-electron chi connectivity index (χ1n) is 9.75. The van der Waals surface area contributed by atoms with Crippen molar-refractivity contribution in [2.45, 2.75) is 31.0 Å². The largest absolute Gasteiger partial charge is 0.467 e. The van der Waals surface area contributed by atoms with E-state index in [0.717, 1.165) is 22.3 Å². The second-order valence-corrected chi connectivity index (χ2v) is 10.0. The van der Waals surface area contributed by atoms with E-state index in [1.165, 1.54) is 24.6 Å². The summed E-state index contributed by atoms with van der Waals surface area (Å²) in [4.78, 5) is 11.3. The molecule has 2 atom stereocenters. The molecule has 0 aliphatic carbocycles. The zero-order chi connectivity index (χ0) is 22.3. The predicted molar refractivity (Wildman–Crippen MR) is 118 cm³/mol. The third-order valence-electron chi connectivity index (χ3n) is 5.29. The Hall–Kier alpha value is -3.04. The monoisotopic (exact) mass is 441 g/mol. The van der Waals surface area contributed by atoms with Crippen LogP contribution in [0, 0.1) is 10.6 Å². The number of nitrogen functional groups attached to an aromatic ring is 1. The number of anilines is 1. The van der Waals surface area contributed by atoms with Crippen molar-refractivity contribution in [3.8, 4) is 17.1 Å². The van der Waals surface area contributed by atoms with Crippen LogP contribution in [0.15, 0.2) is 47.5 Å². The highest BCUT2D eigenvalue weighted by Crippen LogP contribution is 2.33. The van der Waals surface area contributed by atoms with E-state index in [1.54, 1.807) is 18.2 Å². The Labute approximate surface area is 181 Å². The fourth-order valence-electron chi connectivity index (χ4n) is 3.73. The van der Waals surface area contributed by atoms with Crippen LogP contribution in [0.4, 0.5) is 10.2 Å². The summed E-state index contributed by atoms with van der Waals surface area (Å²) in [5.41, 5.74) is 9.81. The summed E-state index contributed by atoms with van der Waals surface area (Å²) in [5, 5.41) is 0. The Morgan fingerprint density at radius 1 is 1.23 bits per heavy atom. The number of benzene rings is 2. The molecule has 3 aromatic rings. The summed E-state index contributed by atoms with van der Waals surface area (Å²) >= 11 is 0. The van der Waals surface area contributed by atoms with Gasteiger partial charge in [-0.25, -0.2) is 23.3 Å². The molecule has 0 amide bonds. The number of nitrogens with zero attached hydrogens (tertiary/aromatic N) is 3. The van der Waals surface area contributed by atoms with Gasteiger partial charge in [-0.1, -0.05) is 12.1 Å². The Morgan fingerprint density at radius 3 is 2.68 bits per heavy atom. The highest BCUT2D eigenvalue weighted by molar-refractivity contribution is 7.91. The Balaban J connectivity index is 1.92. The molecule has 7 nitrogen and oxygen atoms in total. The number of rotatable bonds is 1. The Morgan fingerprint density at radius 2 is 1.94 bits per heavy atom. The average molecular weight is 442 g/mol. The molecule has 1 unspecified atom stereocenters. The van der Waals surface area contributed by atoms with Crippen molar-refractivity contribution in [3.63, 3.8) is 0 Å². The molecule has 0 saturated heterocycles. The van der Waals surface area contributed by atoms with Gasteiger partial charge in [0.15, 0.2) is 5.82 Å².